The second kappa shape index (κ2) is 10.8. The van der Waals surface area contributed by atoms with Crippen LogP contribution in [0.2, 0.25) is 0 Å². The molecular formula is C23H26N4O3S2. The molecule has 3 heterocycles. The average molecular weight is 471 g/mol. The Labute approximate surface area is 195 Å². The third kappa shape index (κ3) is 5.39. The van der Waals surface area contributed by atoms with Crippen molar-refractivity contribution in [3.8, 4) is 10.7 Å². The third-order valence-corrected chi connectivity index (χ3v) is 7.25. The Morgan fingerprint density at radius 2 is 1.91 bits per heavy atom. The lowest BCUT2D eigenvalue weighted by molar-refractivity contribution is -0.151. The molecule has 1 saturated heterocycles. The maximum atomic E-state index is 12.8. The molecule has 0 atom stereocenters. The number of ether oxygens (including phenoxy) is 1. The van der Waals surface area contributed by atoms with Gasteiger partial charge in [0.15, 0.2) is 11.0 Å². The van der Waals surface area contributed by atoms with Gasteiger partial charge in [-0.25, -0.2) is 0 Å². The Bertz CT molecular complexity index is 1030. The molecule has 0 saturated carbocycles. The molecule has 0 unspecified atom stereocenters. The zero-order valence-electron chi connectivity index (χ0n) is 18.0. The lowest BCUT2D eigenvalue weighted by Crippen LogP contribution is -2.41. The van der Waals surface area contributed by atoms with Crippen LogP contribution < -0.4 is 0 Å². The number of esters is 1. The summed E-state index contributed by atoms with van der Waals surface area (Å²) >= 11 is 3.03. The molecule has 1 aromatic carbocycles. The van der Waals surface area contributed by atoms with Crippen LogP contribution in [0.25, 0.3) is 10.7 Å². The lowest BCUT2D eigenvalue weighted by atomic mass is 9.97. The summed E-state index contributed by atoms with van der Waals surface area (Å²) in [5.41, 5.74) is 1.15. The van der Waals surface area contributed by atoms with Gasteiger partial charge < -0.3 is 9.64 Å². The Morgan fingerprint density at radius 3 is 2.59 bits per heavy atom. The third-order valence-electron chi connectivity index (χ3n) is 5.43. The molecule has 3 aromatic rings. The number of carbonyl (C=O) groups excluding carboxylic acids is 2. The summed E-state index contributed by atoms with van der Waals surface area (Å²) in [7, 11) is 0. The van der Waals surface area contributed by atoms with Gasteiger partial charge >= 0.3 is 5.97 Å². The number of carbonyl (C=O) groups is 2. The van der Waals surface area contributed by atoms with Crippen molar-refractivity contribution in [2.75, 3.05) is 25.4 Å². The Hall–Kier alpha value is -2.65. The number of hydrogen-bond acceptors (Lipinski definition) is 7. The van der Waals surface area contributed by atoms with E-state index in [2.05, 4.69) is 26.9 Å². The smallest absolute Gasteiger partial charge is 0.309 e. The molecule has 4 rings (SSSR count). The summed E-state index contributed by atoms with van der Waals surface area (Å²) in [6.45, 7) is 4.02. The predicted octanol–water partition coefficient (Wildman–Crippen LogP) is 3.95. The highest BCUT2D eigenvalue weighted by Crippen LogP contribution is 2.28. The summed E-state index contributed by atoms with van der Waals surface area (Å²) < 4.78 is 7.19. The van der Waals surface area contributed by atoms with Crippen molar-refractivity contribution in [2.45, 2.75) is 31.5 Å². The standard InChI is InChI=1S/C23H26N4O3S2/c1-2-30-22(29)18-10-12-26(13-11-18)20(28)16-32-23-25-24-21(19-9-6-14-31-19)27(23)15-17-7-4-3-5-8-17/h3-9,14,18H,2,10-13,15-16H2,1H3. The fourth-order valence-corrected chi connectivity index (χ4v) is 5.29. The summed E-state index contributed by atoms with van der Waals surface area (Å²) in [4.78, 5) is 27.6. The first-order chi connectivity index (χ1) is 15.7. The molecule has 1 amide bonds. The molecule has 0 radical (unpaired) electrons. The molecule has 0 bridgehead atoms. The number of hydrogen-bond donors (Lipinski definition) is 0. The van der Waals surface area contributed by atoms with E-state index in [4.69, 9.17) is 4.74 Å². The van der Waals surface area contributed by atoms with Crippen LogP contribution in [0.15, 0.2) is 53.0 Å². The van der Waals surface area contributed by atoms with E-state index in [0.29, 0.717) is 44.8 Å². The first kappa shape index (κ1) is 22.5. The van der Waals surface area contributed by atoms with Gasteiger partial charge in [0, 0.05) is 13.1 Å². The minimum absolute atomic E-state index is 0.0595. The van der Waals surface area contributed by atoms with Crippen molar-refractivity contribution in [1.29, 1.82) is 0 Å². The monoisotopic (exact) mass is 470 g/mol. The molecule has 32 heavy (non-hydrogen) atoms. The van der Waals surface area contributed by atoms with E-state index in [-0.39, 0.29) is 17.8 Å². The minimum Gasteiger partial charge on any atom is -0.466 e. The highest BCUT2D eigenvalue weighted by atomic mass is 32.2. The molecule has 2 aromatic heterocycles. The van der Waals surface area contributed by atoms with Crippen molar-refractivity contribution in [3.05, 3.63) is 53.4 Å². The largest absolute Gasteiger partial charge is 0.466 e. The lowest BCUT2D eigenvalue weighted by Gasteiger charge is -2.30. The molecule has 1 fully saturated rings. The molecule has 7 nitrogen and oxygen atoms in total. The van der Waals surface area contributed by atoms with E-state index >= 15 is 0 Å². The maximum absolute atomic E-state index is 12.8. The summed E-state index contributed by atoms with van der Waals surface area (Å²) in [6.07, 6.45) is 1.31. The second-order valence-electron chi connectivity index (χ2n) is 7.55. The van der Waals surface area contributed by atoms with Crippen molar-refractivity contribution in [1.82, 2.24) is 19.7 Å². The number of aromatic nitrogens is 3. The summed E-state index contributed by atoms with van der Waals surface area (Å²) in [5.74, 6) is 0.915. The fraction of sp³-hybridized carbons (Fsp3) is 0.391. The number of thioether (sulfide) groups is 1. The van der Waals surface area contributed by atoms with Crippen LogP contribution in [0, 0.1) is 5.92 Å². The van der Waals surface area contributed by atoms with E-state index in [0.717, 1.165) is 21.4 Å². The normalized spacial score (nSPS) is 14.5. The SMILES string of the molecule is CCOC(=O)C1CCN(C(=O)CSc2nnc(-c3cccs3)n2Cc2ccccc2)CC1. The fourth-order valence-electron chi connectivity index (χ4n) is 3.73. The maximum Gasteiger partial charge on any atom is 0.309 e. The van der Waals surface area contributed by atoms with Crippen LogP contribution in [0.5, 0.6) is 0 Å². The quantitative estimate of drug-likeness (QED) is 0.367. The van der Waals surface area contributed by atoms with Gasteiger partial charge in [-0.3, -0.25) is 14.2 Å². The van der Waals surface area contributed by atoms with Crippen LogP contribution >= 0.6 is 23.1 Å². The van der Waals surface area contributed by atoms with Crippen molar-refractivity contribution in [2.24, 2.45) is 5.92 Å². The number of rotatable bonds is 8. The number of benzene rings is 1. The Kier molecular flexibility index (Phi) is 7.59. The molecule has 1 aliphatic rings. The van der Waals surface area contributed by atoms with Gasteiger partial charge in [0.1, 0.15) is 0 Å². The predicted molar refractivity (Wildman–Crippen MR) is 126 cm³/mol. The molecule has 168 valence electrons. The number of thiophene rings is 1. The molecule has 0 spiro atoms. The molecule has 1 aliphatic heterocycles. The Balaban J connectivity index is 1.41. The number of nitrogens with zero attached hydrogens (tertiary/aromatic N) is 4. The zero-order valence-corrected chi connectivity index (χ0v) is 19.6. The first-order valence-corrected chi connectivity index (χ1v) is 12.6. The number of piperidine rings is 1. The van der Waals surface area contributed by atoms with Crippen LogP contribution in [0.3, 0.4) is 0 Å². The van der Waals surface area contributed by atoms with Gasteiger partial charge in [0.25, 0.3) is 0 Å². The average Bonchev–Trinajstić information content (AvgIpc) is 3.48. The van der Waals surface area contributed by atoms with Gasteiger partial charge in [-0.05, 0) is 36.8 Å². The highest BCUT2D eigenvalue weighted by molar-refractivity contribution is 7.99. The second-order valence-corrected chi connectivity index (χ2v) is 9.44. The van der Waals surface area contributed by atoms with E-state index in [1.807, 2.05) is 47.5 Å². The zero-order chi connectivity index (χ0) is 22.3. The summed E-state index contributed by atoms with van der Waals surface area (Å²) in [6, 6.07) is 14.2. The highest BCUT2D eigenvalue weighted by Gasteiger charge is 2.28. The summed E-state index contributed by atoms with van der Waals surface area (Å²) in [5, 5.41) is 11.6. The van der Waals surface area contributed by atoms with E-state index in [1.54, 1.807) is 11.3 Å². The molecular weight excluding hydrogens is 444 g/mol. The molecule has 0 N–H and O–H groups in total. The van der Waals surface area contributed by atoms with Gasteiger partial charge in [-0.2, -0.15) is 0 Å². The molecule has 0 aliphatic carbocycles. The van der Waals surface area contributed by atoms with Crippen LogP contribution in [-0.4, -0.2) is 57.0 Å². The topological polar surface area (TPSA) is 77.3 Å². The van der Waals surface area contributed by atoms with Crippen LogP contribution in [0.4, 0.5) is 0 Å². The number of amides is 1. The van der Waals surface area contributed by atoms with Gasteiger partial charge in [-0.15, -0.1) is 21.5 Å². The first-order valence-electron chi connectivity index (χ1n) is 10.7. The van der Waals surface area contributed by atoms with Gasteiger partial charge in [0.2, 0.25) is 5.91 Å². The van der Waals surface area contributed by atoms with E-state index in [1.165, 1.54) is 11.8 Å². The Morgan fingerprint density at radius 1 is 1.12 bits per heavy atom. The van der Waals surface area contributed by atoms with Crippen molar-refractivity contribution >= 4 is 35.0 Å². The molecule has 9 heteroatoms. The van der Waals surface area contributed by atoms with Crippen LogP contribution in [0.1, 0.15) is 25.3 Å². The number of likely N-dealkylation sites (tertiary alicyclic amines) is 1. The van der Waals surface area contributed by atoms with Crippen molar-refractivity contribution in [3.63, 3.8) is 0 Å². The van der Waals surface area contributed by atoms with E-state index in [9.17, 15) is 9.59 Å². The van der Waals surface area contributed by atoms with E-state index < -0.39 is 0 Å². The minimum atomic E-state index is -0.149. The van der Waals surface area contributed by atoms with Crippen LogP contribution in [-0.2, 0) is 20.9 Å². The van der Waals surface area contributed by atoms with Crippen molar-refractivity contribution < 1.29 is 14.3 Å². The van der Waals surface area contributed by atoms with Gasteiger partial charge in [-0.1, -0.05) is 48.2 Å². The van der Waals surface area contributed by atoms with Gasteiger partial charge in [0.05, 0.1) is 29.7 Å².